The highest BCUT2D eigenvalue weighted by Gasteiger charge is 2.52. The maximum atomic E-state index is 10.5. The van der Waals surface area contributed by atoms with E-state index in [0.717, 1.165) is 16.5 Å². The van der Waals surface area contributed by atoms with Crippen LogP contribution in [0.15, 0.2) is 42.9 Å². The summed E-state index contributed by atoms with van der Waals surface area (Å²) >= 11 is 3.58. The summed E-state index contributed by atoms with van der Waals surface area (Å²) in [5, 5.41) is 20.7. The van der Waals surface area contributed by atoms with E-state index in [9.17, 15) is 10.2 Å². The number of anilines is 1. The number of halogens is 1. The van der Waals surface area contributed by atoms with Crippen molar-refractivity contribution in [1.29, 1.82) is 0 Å². The van der Waals surface area contributed by atoms with Gasteiger partial charge in [0.1, 0.15) is 30.0 Å². The third-order valence-electron chi connectivity index (χ3n) is 4.87. The van der Waals surface area contributed by atoms with Crippen LogP contribution in [0, 0.1) is 0 Å². The lowest BCUT2D eigenvalue weighted by molar-refractivity contribution is -0.0437. The van der Waals surface area contributed by atoms with Crippen molar-refractivity contribution in [3.05, 3.63) is 42.9 Å². The van der Waals surface area contributed by atoms with E-state index in [1.807, 2.05) is 48.0 Å². The summed E-state index contributed by atoms with van der Waals surface area (Å²) in [5.74, 6) is 0.376. The van der Waals surface area contributed by atoms with Gasteiger partial charge in [0.2, 0.25) is 0 Å². The second-order valence-electron chi connectivity index (χ2n) is 6.58. The molecule has 0 amide bonds. The molecule has 136 valence electrons. The predicted octanol–water partition coefficient (Wildman–Crippen LogP) is 2.08. The van der Waals surface area contributed by atoms with Crippen molar-refractivity contribution in [2.45, 2.75) is 29.7 Å². The Labute approximate surface area is 158 Å². The summed E-state index contributed by atoms with van der Waals surface area (Å²) in [6.07, 6.45) is 1.16. The van der Waals surface area contributed by atoms with Crippen molar-refractivity contribution in [3.8, 4) is 11.1 Å². The lowest BCUT2D eigenvalue weighted by atomic mass is 10.0. The Bertz CT molecular complexity index is 944. The minimum absolute atomic E-state index is 0.277. The number of aliphatic hydroxyl groups is 2. The predicted molar refractivity (Wildman–Crippen MR) is 102 cm³/mol. The Morgan fingerprint density at radius 2 is 2.04 bits per heavy atom. The largest absolute Gasteiger partial charge is 0.394 e. The summed E-state index contributed by atoms with van der Waals surface area (Å²) in [4.78, 5) is 8.53. The molecule has 4 atom stereocenters. The molecular formula is C18H19BrN4O3. The SMILES string of the molecule is C[C@@]1(Br)C(O)C(CO)O[C@H]1n1cc(-c2ccccc2)c2c(N)ncnc21. The first-order valence-corrected chi connectivity index (χ1v) is 9.04. The van der Waals surface area contributed by atoms with Gasteiger partial charge in [-0.2, -0.15) is 0 Å². The van der Waals surface area contributed by atoms with Gasteiger partial charge in [-0.15, -0.1) is 0 Å². The van der Waals surface area contributed by atoms with Gasteiger partial charge < -0.3 is 25.3 Å². The number of hydrogen-bond acceptors (Lipinski definition) is 6. The number of hydrogen-bond donors (Lipinski definition) is 3. The standard InChI is InChI=1S/C18H19BrN4O3/c1-18(19)14(25)12(8-24)26-17(18)23-7-11(10-5-3-2-4-6-10)13-15(20)21-9-22-16(13)23/h2-7,9,12,14,17,24-25H,8H2,1H3,(H2,20,21,22)/t12?,14?,17-,18-/m1/s1. The molecule has 1 fully saturated rings. The van der Waals surface area contributed by atoms with E-state index in [-0.39, 0.29) is 6.61 Å². The summed E-state index contributed by atoms with van der Waals surface area (Å²) in [5.41, 5.74) is 8.62. The van der Waals surface area contributed by atoms with Gasteiger partial charge in [-0.3, -0.25) is 0 Å². The van der Waals surface area contributed by atoms with Crippen LogP contribution < -0.4 is 5.73 Å². The van der Waals surface area contributed by atoms with E-state index >= 15 is 0 Å². The normalized spacial score (nSPS) is 28.7. The van der Waals surface area contributed by atoms with Crippen LogP contribution in [0.2, 0.25) is 0 Å². The van der Waals surface area contributed by atoms with Crippen LogP contribution in [0.4, 0.5) is 5.82 Å². The number of ether oxygens (including phenoxy) is 1. The molecule has 7 nitrogen and oxygen atoms in total. The minimum Gasteiger partial charge on any atom is -0.394 e. The smallest absolute Gasteiger partial charge is 0.153 e. The van der Waals surface area contributed by atoms with E-state index in [1.54, 1.807) is 0 Å². The molecule has 1 aliphatic heterocycles. The quantitative estimate of drug-likeness (QED) is 0.562. The van der Waals surface area contributed by atoms with E-state index in [4.69, 9.17) is 10.5 Å². The Balaban J connectivity index is 1.94. The van der Waals surface area contributed by atoms with Crippen LogP contribution in [0.5, 0.6) is 0 Å². The third-order valence-corrected chi connectivity index (χ3v) is 5.73. The van der Waals surface area contributed by atoms with Crippen LogP contribution in [0.25, 0.3) is 22.2 Å². The van der Waals surface area contributed by atoms with E-state index in [0.29, 0.717) is 11.5 Å². The topological polar surface area (TPSA) is 106 Å². The number of alkyl halides is 1. The van der Waals surface area contributed by atoms with Crippen molar-refractivity contribution >= 4 is 32.8 Å². The van der Waals surface area contributed by atoms with Gasteiger partial charge in [-0.05, 0) is 12.5 Å². The molecule has 2 unspecified atom stereocenters. The fraction of sp³-hybridized carbons (Fsp3) is 0.333. The number of nitrogens with two attached hydrogens (primary N) is 1. The number of fused-ring (bicyclic) bond motifs is 1. The van der Waals surface area contributed by atoms with Gasteiger partial charge in [0, 0.05) is 11.8 Å². The molecule has 3 heterocycles. The highest BCUT2D eigenvalue weighted by atomic mass is 79.9. The maximum absolute atomic E-state index is 10.5. The number of aromatic nitrogens is 3. The summed E-state index contributed by atoms with van der Waals surface area (Å²) in [6.45, 7) is 1.55. The molecule has 0 spiro atoms. The van der Waals surface area contributed by atoms with Crippen molar-refractivity contribution in [3.63, 3.8) is 0 Å². The van der Waals surface area contributed by atoms with E-state index in [1.165, 1.54) is 6.33 Å². The van der Waals surface area contributed by atoms with Crippen LogP contribution >= 0.6 is 15.9 Å². The first-order chi connectivity index (χ1) is 12.4. The molecule has 1 aliphatic rings. The van der Waals surface area contributed by atoms with Crippen molar-refractivity contribution < 1.29 is 14.9 Å². The fourth-order valence-electron chi connectivity index (χ4n) is 3.49. The Morgan fingerprint density at radius 1 is 1.31 bits per heavy atom. The third kappa shape index (κ3) is 2.52. The van der Waals surface area contributed by atoms with Crippen molar-refractivity contribution in [1.82, 2.24) is 14.5 Å². The number of nitrogens with zero attached hydrogens (tertiary/aromatic N) is 3. The monoisotopic (exact) mass is 418 g/mol. The molecule has 2 aromatic heterocycles. The van der Waals surface area contributed by atoms with Gasteiger partial charge >= 0.3 is 0 Å². The molecule has 4 rings (SSSR count). The molecule has 0 radical (unpaired) electrons. The van der Waals surface area contributed by atoms with Gasteiger partial charge in [-0.1, -0.05) is 46.3 Å². The zero-order valence-electron chi connectivity index (χ0n) is 14.1. The second-order valence-corrected chi connectivity index (χ2v) is 8.29. The molecule has 0 bridgehead atoms. The van der Waals surface area contributed by atoms with Crippen LogP contribution in [-0.2, 0) is 4.74 Å². The lowest BCUT2D eigenvalue weighted by Gasteiger charge is -2.27. The molecule has 8 heteroatoms. The first kappa shape index (κ1) is 17.4. The summed E-state index contributed by atoms with van der Waals surface area (Å²) in [6, 6.07) is 9.81. The Kier molecular flexibility index (Phi) is 4.23. The maximum Gasteiger partial charge on any atom is 0.153 e. The zero-order chi connectivity index (χ0) is 18.5. The van der Waals surface area contributed by atoms with Crippen molar-refractivity contribution in [2.24, 2.45) is 0 Å². The average molecular weight is 419 g/mol. The van der Waals surface area contributed by atoms with E-state index in [2.05, 4.69) is 25.9 Å². The van der Waals surface area contributed by atoms with Crippen LogP contribution in [-0.4, -0.2) is 47.9 Å². The highest BCUT2D eigenvalue weighted by Crippen LogP contribution is 2.47. The van der Waals surface area contributed by atoms with Gasteiger partial charge in [0.25, 0.3) is 0 Å². The highest BCUT2D eigenvalue weighted by molar-refractivity contribution is 9.10. The lowest BCUT2D eigenvalue weighted by Crippen LogP contribution is -2.39. The second kappa shape index (κ2) is 6.31. The van der Waals surface area contributed by atoms with Gasteiger partial charge in [-0.25, -0.2) is 9.97 Å². The van der Waals surface area contributed by atoms with Crippen LogP contribution in [0.1, 0.15) is 13.2 Å². The number of aliphatic hydroxyl groups excluding tert-OH is 2. The molecule has 1 aromatic carbocycles. The molecule has 0 saturated carbocycles. The molecule has 26 heavy (non-hydrogen) atoms. The molecule has 0 aliphatic carbocycles. The fourth-order valence-corrected chi connectivity index (χ4v) is 4.11. The number of nitrogen functional groups attached to an aromatic ring is 1. The Hall–Kier alpha value is -2.00. The minimum atomic E-state index is -0.880. The van der Waals surface area contributed by atoms with Crippen LogP contribution in [0.3, 0.4) is 0 Å². The number of rotatable bonds is 3. The number of benzene rings is 1. The van der Waals surface area contributed by atoms with E-state index < -0.39 is 22.8 Å². The molecule has 4 N–H and O–H groups in total. The van der Waals surface area contributed by atoms with Gasteiger partial charge in [0.15, 0.2) is 6.23 Å². The van der Waals surface area contributed by atoms with Crippen molar-refractivity contribution in [2.75, 3.05) is 12.3 Å². The molecule has 1 saturated heterocycles. The first-order valence-electron chi connectivity index (χ1n) is 8.25. The Morgan fingerprint density at radius 3 is 2.69 bits per heavy atom. The summed E-state index contributed by atoms with van der Waals surface area (Å²) in [7, 11) is 0. The zero-order valence-corrected chi connectivity index (χ0v) is 15.7. The molecule has 3 aromatic rings. The average Bonchev–Trinajstić information content (AvgIpc) is 3.13. The summed E-state index contributed by atoms with van der Waals surface area (Å²) < 4.78 is 6.97. The van der Waals surface area contributed by atoms with Gasteiger partial charge in [0.05, 0.1) is 16.3 Å². The molecular weight excluding hydrogens is 400 g/mol.